The number of likely N-dealkylation sites (tertiary alicyclic amines) is 1. The zero-order valence-electron chi connectivity index (χ0n) is 9.49. The number of carbonyl (C=O) groups is 1. The largest absolute Gasteiger partial charge is 0.457 e. The van der Waals surface area contributed by atoms with E-state index >= 15 is 0 Å². The lowest BCUT2D eigenvalue weighted by atomic mass is 9.95. The molecule has 0 N–H and O–H groups in total. The summed E-state index contributed by atoms with van der Waals surface area (Å²) in [5.41, 5.74) is 0.608. The first-order valence-electron chi connectivity index (χ1n) is 5.80. The lowest BCUT2D eigenvalue weighted by molar-refractivity contribution is 0.0669. The highest BCUT2D eigenvalue weighted by Crippen LogP contribution is 2.24. The van der Waals surface area contributed by atoms with Gasteiger partial charge in [-0.05, 0) is 47.2 Å². The van der Waals surface area contributed by atoms with Gasteiger partial charge in [0.2, 0.25) is 0 Å². The van der Waals surface area contributed by atoms with Crippen molar-refractivity contribution in [2.24, 2.45) is 5.92 Å². The van der Waals surface area contributed by atoms with E-state index in [9.17, 15) is 4.79 Å². The first-order valence-corrected chi connectivity index (χ1v) is 7.13. The predicted octanol–water partition coefficient (Wildman–Crippen LogP) is 3.52. The number of carbonyl (C=O) groups excluding carboxylic acids is 1. The summed E-state index contributed by atoms with van der Waals surface area (Å²) in [5.74, 6) is 1.25. The van der Waals surface area contributed by atoms with Crippen LogP contribution in [-0.4, -0.2) is 29.8 Å². The maximum atomic E-state index is 12.2. The Morgan fingerprint density at radius 2 is 2.47 bits per heavy atom. The summed E-state index contributed by atoms with van der Waals surface area (Å²) < 4.78 is 5.61. The van der Waals surface area contributed by atoms with Gasteiger partial charge in [0.25, 0.3) is 5.91 Å². The van der Waals surface area contributed by atoms with E-state index in [0.717, 1.165) is 25.9 Å². The van der Waals surface area contributed by atoms with Gasteiger partial charge in [-0.25, -0.2) is 0 Å². The highest BCUT2D eigenvalue weighted by Gasteiger charge is 2.26. The fourth-order valence-electron chi connectivity index (χ4n) is 2.26. The second-order valence-electron chi connectivity index (χ2n) is 4.35. The first-order chi connectivity index (χ1) is 8.22. The average molecular weight is 321 g/mol. The summed E-state index contributed by atoms with van der Waals surface area (Å²) in [6.07, 6.45) is 4.74. The monoisotopic (exact) mass is 319 g/mol. The van der Waals surface area contributed by atoms with Crippen LogP contribution < -0.4 is 0 Å². The molecule has 0 spiro atoms. The SMILES string of the molecule is O=C(c1ccoc1Br)N1CCCC(CCCl)C1. The quantitative estimate of drug-likeness (QED) is 0.798. The van der Waals surface area contributed by atoms with Crippen molar-refractivity contribution in [2.75, 3.05) is 19.0 Å². The van der Waals surface area contributed by atoms with Crippen molar-refractivity contribution >= 4 is 33.4 Å². The Kier molecular flexibility index (Phi) is 4.51. The normalized spacial score (nSPS) is 20.6. The molecule has 5 heteroatoms. The van der Waals surface area contributed by atoms with Crippen molar-refractivity contribution in [3.05, 3.63) is 22.6 Å². The van der Waals surface area contributed by atoms with Crippen molar-refractivity contribution in [3.8, 4) is 0 Å². The number of halogens is 2. The van der Waals surface area contributed by atoms with Crippen LogP contribution in [-0.2, 0) is 0 Å². The summed E-state index contributed by atoms with van der Waals surface area (Å²) in [6, 6.07) is 1.71. The fourth-order valence-corrected chi connectivity index (χ4v) is 2.97. The molecule has 1 aliphatic rings. The molecule has 3 nitrogen and oxygen atoms in total. The molecule has 1 aromatic heterocycles. The zero-order valence-corrected chi connectivity index (χ0v) is 11.8. The Bertz CT molecular complexity index is 392. The Morgan fingerprint density at radius 3 is 3.12 bits per heavy atom. The van der Waals surface area contributed by atoms with E-state index in [2.05, 4.69) is 15.9 Å². The minimum Gasteiger partial charge on any atom is -0.457 e. The van der Waals surface area contributed by atoms with Crippen LogP contribution in [0.3, 0.4) is 0 Å². The molecule has 0 aliphatic carbocycles. The van der Waals surface area contributed by atoms with Gasteiger partial charge in [-0.1, -0.05) is 0 Å². The fraction of sp³-hybridized carbons (Fsp3) is 0.583. The van der Waals surface area contributed by atoms with Gasteiger partial charge in [0.05, 0.1) is 11.8 Å². The molecule has 1 aliphatic heterocycles. The first kappa shape index (κ1) is 13.0. The van der Waals surface area contributed by atoms with Crippen LogP contribution in [0.4, 0.5) is 0 Å². The van der Waals surface area contributed by atoms with E-state index in [1.165, 1.54) is 12.7 Å². The minimum atomic E-state index is 0.0462. The molecule has 1 fully saturated rings. The number of nitrogens with zero attached hydrogens (tertiary/aromatic N) is 1. The predicted molar refractivity (Wildman–Crippen MR) is 70.4 cm³/mol. The van der Waals surface area contributed by atoms with E-state index in [-0.39, 0.29) is 5.91 Å². The number of hydrogen-bond acceptors (Lipinski definition) is 2. The van der Waals surface area contributed by atoms with Gasteiger partial charge in [-0.15, -0.1) is 11.6 Å². The molecule has 1 saturated heterocycles. The van der Waals surface area contributed by atoms with Crippen LogP contribution in [0.25, 0.3) is 0 Å². The number of amides is 1. The number of alkyl halides is 1. The zero-order chi connectivity index (χ0) is 12.3. The smallest absolute Gasteiger partial charge is 0.258 e. The molecule has 1 aromatic rings. The van der Waals surface area contributed by atoms with E-state index in [1.54, 1.807) is 6.07 Å². The molecule has 2 rings (SSSR count). The Morgan fingerprint density at radius 1 is 1.65 bits per heavy atom. The molecule has 0 radical (unpaired) electrons. The van der Waals surface area contributed by atoms with Crippen molar-refractivity contribution in [3.63, 3.8) is 0 Å². The van der Waals surface area contributed by atoms with Crippen LogP contribution in [0.2, 0.25) is 0 Å². The molecule has 0 bridgehead atoms. The molecule has 94 valence electrons. The summed E-state index contributed by atoms with van der Waals surface area (Å²) >= 11 is 9.01. The molecule has 17 heavy (non-hydrogen) atoms. The number of furan rings is 1. The molecule has 1 amide bonds. The molecule has 0 aromatic carbocycles. The Balaban J connectivity index is 2.02. The van der Waals surface area contributed by atoms with Crippen molar-refractivity contribution in [1.29, 1.82) is 0 Å². The third kappa shape index (κ3) is 3.05. The molecule has 1 atom stereocenters. The number of piperidine rings is 1. The van der Waals surface area contributed by atoms with Crippen LogP contribution in [0.15, 0.2) is 21.4 Å². The van der Waals surface area contributed by atoms with Crippen molar-refractivity contribution in [2.45, 2.75) is 19.3 Å². The van der Waals surface area contributed by atoms with Gasteiger partial charge in [-0.2, -0.15) is 0 Å². The van der Waals surface area contributed by atoms with E-state index in [4.69, 9.17) is 16.0 Å². The van der Waals surface area contributed by atoms with Gasteiger partial charge >= 0.3 is 0 Å². The second kappa shape index (κ2) is 5.91. The van der Waals surface area contributed by atoms with Gasteiger partial charge in [0.15, 0.2) is 4.67 Å². The third-order valence-corrected chi connectivity index (χ3v) is 4.00. The third-order valence-electron chi connectivity index (χ3n) is 3.17. The van der Waals surface area contributed by atoms with Crippen molar-refractivity contribution < 1.29 is 9.21 Å². The van der Waals surface area contributed by atoms with Crippen LogP contribution >= 0.6 is 27.5 Å². The summed E-state index contributed by atoms with van der Waals surface area (Å²) in [6.45, 7) is 1.64. The maximum Gasteiger partial charge on any atom is 0.258 e. The van der Waals surface area contributed by atoms with E-state index < -0.39 is 0 Å². The highest BCUT2D eigenvalue weighted by atomic mass is 79.9. The maximum absolute atomic E-state index is 12.2. The second-order valence-corrected chi connectivity index (χ2v) is 5.44. The molecular weight excluding hydrogens is 305 g/mol. The topological polar surface area (TPSA) is 33.5 Å². The molecular formula is C12H15BrClNO2. The van der Waals surface area contributed by atoms with Crippen LogP contribution in [0, 0.1) is 5.92 Å². The van der Waals surface area contributed by atoms with E-state index in [1.807, 2.05) is 4.90 Å². The Hall–Kier alpha value is -0.480. The summed E-state index contributed by atoms with van der Waals surface area (Å²) in [5, 5.41) is 0. The van der Waals surface area contributed by atoms with Crippen LogP contribution in [0.1, 0.15) is 29.6 Å². The molecule has 2 heterocycles. The number of rotatable bonds is 3. The van der Waals surface area contributed by atoms with Gasteiger partial charge in [-0.3, -0.25) is 4.79 Å². The standard InChI is InChI=1S/C12H15BrClNO2/c13-11-10(4-7-17-11)12(16)15-6-1-2-9(8-15)3-5-14/h4,7,9H,1-3,5-6,8H2. The van der Waals surface area contributed by atoms with E-state index in [0.29, 0.717) is 22.0 Å². The average Bonchev–Trinajstić information content (AvgIpc) is 2.75. The molecule has 0 saturated carbocycles. The molecule has 1 unspecified atom stereocenters. The van der Waals surface area contributed by atoms with Gasteiger partial charge in [0.1, 0.15) is 0 Å². The van der Waals surface area contributed by atoms with Crippen molar-refractivity contribution in [1.82, 2.24) is 4.90 Å². The lowest BCUT2D eigenvalue weighted by Gasteiger charge is -2.32. The Labute approximate surface area is 114 Å². The number of hydrogen-bond donors (Lipinski definition) is 0. The summed E-state index contributed by atoms with van der Waals surface area (Å²) in [7, 11) is 0. The minimum absolute atomic E-state index is 0.0462. The van der Waals surface area contributed by atoms with Crippen LogP contribution in [0.5, 0.6) is 0 Å². The van der Waals surface area contributed by atoms with Gasteiger partial charge < -0.3 is 9.32 Å². The summed E-state index contributed by atoms with van der Waals surface area (Å²) in [4.78, 5) is 14.1. The highest BCUT2D eigenvalue weighted by molar-refractivity contribution is 9.10. The lowest BCUT2D eigenvalue weighted by Crippen LogP contribution is -2.40. The van der Waals surface area contributed by atoms with Gasteiger partial charge in [0, 0.05) is 19.0 Å².